The van der Waals surface area contributed by atoms with Crippen LogP contribution >= 0.6 is 0 Å². The molecule has 0 spiro atoms. The molecular formula is C28H36N4O2. The molecule has 0 aliphatic carbocycles. The van der Waals surface area contributed by atoms with Crippen molar-refractivity contribution in [3.63, 3.8) is 0 Å². The lowest BCUT2D eigenvalue weighted by atomic mass is 9.97. The summed E-state index contributed by atoms with van der Waals surface area (Å²) >= 11 is 0. The normalized spacial score (nSPS) is 17.4. The van der Waals surface area contributed by atoms with Gasteiger partial charge in [0.2, 0.25) is 0 Å². The third-order valence-corrected chi connectivity index (χ3v) is 6.69. The standard InChI is InChI=1S/C28H36N4O2/c1-6-30-13-15-31(16-14-30)23-10-8-22(9-11-23)29-26-25(24-12-7-20(4)17-21(24)5)27(33)32(28(26)34)18-19(2)3/h7-12,17,19,29H,6,13-16,18H2,1-5H3. The number of carbonyl (C=O) groups is 2. The van der Waals surface area contributed by atoms with Gasteiger partial charge in [0.05, 0.1) is 5.57 Å². The number of likely N-dealkylation sites (N-methyl/N-ethyl adjacent to an activating group) is 1. The second kappa shape index (κ2) is 10.0. The first-order valence-electron chi connectivity index (χ1n) is 12.3. The Hall–Kier alpha value is -3.12. The Bertz CT molecular complexity index is 1100. The number of benzene rings is 2. The first-order valence-corrected chi connectivity index (χ1v) is 12.3. The van der Waals surface area contributed by atoms with Crippen LogP contribution in [0.5, 0.6) is 0 Å². The quantitative estimate of drug-likeness (QED) is 0.625. The van der Waals surface area contributed by atoms with Crippen LogP contribution in [0.25, 0.3) is 5.57 Å². The zero-order valence-electron chi connectivity index (χ0n) is 21.0. The van der Waals surface area contributed by atoms with Crippen molar-refractivity contribution in [3.05, 3.63) is 64.9 Å². The molecule has 0 radical (unpaired) electrons. The van der Waals surface area contributed by atoms with Crippen molar-refractivity contribution >= 4 is 28.8 Å². The zero-order valence-corrected chi connectivity index (χ0v) is 21.0. The van der Waals surface area contributed by atoms with Crippen molar-refractivity contribution in [3.8, 4) is 0 Å². The number of carbonyl (C=O) groups excluding carboxylic acids is 2. The fourth-order valence-electron chi connectivity index (χ4n) is 4.79. The molecule has 1 saturated heterocycles. The number of nitrogens with zero attached hydrogens (tertiary/aromatic N) is 3. The topological polar surface area (TPSA) is 55.9 Å². The van der Waals surface area contributed by atoms with Crippen LogP contribution < -0.4 is 10.2 Å². The van der Waals surface area contributed by atoms with Gasteiger partial charge in [-0.05, 0) is 61.7 Å². The number of hydrogen-bond acceptors (Lipinski definition) is 5. The number of anilines is 2. The molecule has 2 aliphatic rings. The first kappa shape index (κ1) is 24.0. The van der Waals surface area contributed by atoms with E-state index in [-0.39, 0.29) is 17.7 Å². The van der Waals surface area contributed by atoms with Crippen molar-refractivity contribution in [2.75, 3.05) is 49.5 Å². The van der Waals surface area contributed by atoms with Crippen molar-refractivity contribution in [2.24, 2.45) is 5.92 Å². The summed E-state index contributed by atoms with van der Waals surface area (Å²) in [5, 5.41) is 3.30. The summed E-state index contributed by atoms with van der Waals surface area (Å²) in [6, 6.07) is 14.2. The Balaban J connectivity index is 1.62. The van der Waals surface area contributed by atoms with Gasteiger partial charge in [0.15, 0.2) is 0 Å². The van der Waals surface area contributed by atoms with Crippen LogP contribution in [-0.2, 0) is 9.59 Å². The summed E-state index contributed by atoms with van der Waals surface area (Å²) in [7, 11) is 0. The van der Waals surface area contributed by atoms with Gasteiger partial charge in [-0.1, -0.05) is 44.5 Å². The number of nitrogens with one attached hydrogen (secondary N) is 1. The van der Waals surface area contributed by atoms with Crippen LogP contribution in [0.15, 0.2) is 48.2 Å². The third-order valence-electron chi connectivity index (χ3n) is 6.69. The largest absolute Gasteiger partial charge is 0.369 e. The van der Waals surface area contributed by atoms with E-state index >= 15 is 0 Å². The number of amides is 2. The minimum atomic E-state index is -0.256. The molecule has 0 bridgehead atoms. The summed E-state index contributed by atoms with van der Waals surface area (Å²) < 4.78 is 0. The van der Waals surface area contributed by atoms with E-state index in [2.05, 4.69) is 40.2 Å². The van der Waals surface area contributed by atoms with E-state index in [1.165, 1.54) is 10.6 Å². The predicted molar refractivity (Wildman–Crippen MR) is 139 cm³/mol. The Morgan fingerprint density at radius 3 is 2.18 bits per heavy atom. The van der Waals surface area contributed by atoms with Gasteiger partial charge in [-0.3, -0.25) is 14.5 Å². The molecule has 0 saturated carbocycles. The van der Waals surface area contributed by atoms with Gasteiger partial charge < -0.3 is 15.1 Å². The van der Waals surface area contributed by atoms with E-state index in [1.54, 1.807) is 0 Å². The Morgan fingerprint density at radius 2 is 1.59 bits per heavy atom. The summed E-state index contributed by atoms with van der Waals surface area (Å²) in [6.45, 7) is 15.9. The molecule has 6 heteroatoms. The SMILES string of the molecule is CCN1CCN(c2ccc(NC3=C(c4ccc(C)cc4C)C(=O)N(CC(C)C)C3=O)cc2)CC1. The van der Waals surface area contributed by atoms with Gasteiger partial charge in [-0.25, -0.2) is 0 Å². The molecule has 0 unspecified atom stereocenters. The van der Waals surface area contributed by atoms with Crippen LogP contribution in [0.4, 0.5) is 11.4 Å². The minimum absolute atomic E-state index is 0.195. The van der Waals surface area contributed by atoms with Crippen molar-refractivity contribution in [1.82, 2.24) is 9.80 Å². The van der Waals surface area contributed by atoms with Crippen molar-refractivity contribution < 1.29 is 9.59 Å². The zero-order chi connectivity index (χ0) is 24.4. The highest BCUT2D eigenvalue weighted by Gasteiger charge is 2.39. The summed E-state index contributed by atoms with van der Waals surface area (Å²) in [5.41, 5.74) is 5.74. The first-order chi connectivity index (χ1) is 16.3. The monoisotopic (exact) mass is 460 g/mol. The highest BCUT2D eigenvalue weighted by molar-refractivity contribution is 6.36. The molecule has 2 heterocycles. The molecule has 2 amide bonds. The Labute approximate surface area is 203 Å². The molecule has 2 aliphatic heterocycles. The number of piperazine rings is 1. The number of rotatable bonds is 7. The summed E-state index contributed by atoms with van der Waals surface area (Å²) in [6.07, 6.45) is 0. The molecule has 1 fully saturated rings. The molecule has 2 aromatic carbocycles. The second-order valence-corrected chi connectivity index (χ2v) is 9.78. The number of aryl methyl sites for hydroxylation is 2. The number of hydrogen-bond donors (Lipinski definition) is 1. The average Bonchev–Trinajstić information content (AvgIpc) is 3.04. The lowest BCUT2D eigenvalue weighted by Crippen LogP contribution is -2.46. The lowest BCUT2D eigenvalue weighted by molar-refractivity contribution is -0.137. The average molecular weight is 461 g/mol. The molecule has 34 heavy (non-hydrogen) atoms. The molecule has 0 aromatic heterocycles. The van der Waals surface area contributed by atoms with E-state index < -0.39 is 0 Å². The molecule has 2 aromatic rings. The highest BCUT2D eigenvalue weighted by atomic mass is 16.2. The second-order valence-electron chi connectivity index (χ2n) is 9.78. The van der Waals surface area contributed by atoms with Crippen LogP contribution in [-0.4, -0.2) is 60.9 Å². The van der Waals surface area contributed by atoms with Crippen molar-refractivity contribution in [2.45, 2.75) is 34.6 Å². The van der Waals surface area contributed by atoms with Crippen LogP contribution in [0, 0.1) is 19.8 Å². The predicted octanol–water partition coefficient (Wildman–Crippen LogP) is 4.29. The van der Waals surface area contributed by atoms with Gasteiger partial charge >= 0.3 is 0 Å². The minimum Gasteiger partial charge on any atom is -0.369 e. The fraction of sp³-hybridized carbons (Fsp3) is 0.429. The molecule has 1 N–H and O–H groups in total. The lowest BCUT2D eigenvalue weighted by Gasteiger charge is -2.35. The summed E-state index contributed by atoms with van der Waals surface area (Å²) in [4.78, 5) is 33.0. The molecule has 6 nitrogen and oxygen atoms in total. The van der Waals surface area contributed by atoms with Gasteiger partial charge in [-0.2, -0.15) is 0 Å². The van der Waals surface area contributed by atoms with E-state index in [9.17, 15) is 9.59 Å². The fourth-order valence-corrected chi connectivity index (χ4v) is 4.79. The van der Waals surface area contributed by atoms with Gasteiger partial charge in [0, 0.05) is 44.1 Å². The van der Waals surface area contributed by atoms with E-state index in [0.29, 0.717) is 17.8 Å². The Kier molecular flexibility index (Phi) is 7.08. The van der Waals surface area contributed by atoms with Gasteiger partial charge in [0.1, 0.15) is 5.70 Å². The summed E-state index contributed by atoms with van der Waals surface area (Å²) in [5.74, 6) is -0.285. The van der Waals surface area contributed by atoms with Gasteiger partial charge in [-0.15, -0.1) is 0 Å². The smallest absolute Gasteiger partial charge is 0.278 e. The van der Waals surface area contributed by atoms with Crippen LogP contribution in [0.1, 0.15) is 37.5 Å². The molecule has 4 rings (SSSR count). The third kappa shape index (κ3) is 4.87. The Morgan fingerprint density at radius 1 is 0.912 bits per heavy atom. The van der Waals surface area contributed by atoms with Crippen LogP contribution in [0.2, 0.25) is 0 Å². The molecular weight excluding hydrogens is 424 g/mol. The van der Waals surface area contributed by atoms with E-state index in [4.69, 9.17) is 0 Å². The van der Waals surface area contributed by atoms with E-state index in [0.717, 1.165) is 55.1 Å². The number of imide groups is 1. The van der Waals surface area contributed by atoms with Crippen molar-refractivity contribution in [1.29, 1.82) is 0 Å². The maximum Gasteiger partial charge on any atom is 0.278 e. The molecule has 180 valence electrons. The highest BCUT2D eigenvalue weighted by Crippen LogP contribution is 2.33. The maximum absolute atomic E-state index is 13.4. The maximum atomic E-state index is 13.4. The molecule has 0 atom stereocenters. The van der Waals surface area contributed by atoms with Crippen LogP contribution in [0.3, 0.4) is 0 Å². The van der Waals surface area contributed by atoms with E-state index in [1.807, 2.05) is 52.0 Å². The van der Waals surface area contributed by atoms with Gasteiger partial charge in [0.25, 0.3) is 11.8 Å².